The van der Waals surface area contributed by atoms with Gasteiger partial charge in [0.25, 0.3) is 5.91 Å². The Morgan fingerprint density at radius 3 is 2.88 bits per heavy atom. The summed E-state index contributed by atoms with van der Waals surface area (Å²) in [5.74, 6) is 0.385. The van der Waals surface area contributed by atoms with Crippen LogP contribution in [0.3, 0.4) is 0 Å². The number of amides is 1. The zero-order valence-corrected chi connectivity index (χ0v) is 10.5. The molecule has 2 rings (SSSR count). The van der Waals surface area contributed by atoms with Crippen molar-refractivity contribution in [1.29, 1.82) is 0 Å². The Balaban J connectivity index is 2.06. The van der Waals surface area contributed by atoms with Crippen LogP contribution in [-0.2, 0) is 0 Å². The molecule has 4 heteroatoms. The Hall–Kier alpha value is -1.22. The first-order valence-electron chi connectivity index (χ1n) is 5.85. The van der Waals surface area contributed by atoms with Crippen LogP contribution in [0, 0.1) is 5.92 Å². The summed E-state index contributed by atoms with van der Waals surface area (Å²) in [6.07, 6.45) is 3.16. The molecule has 0 bridgehead atoms. The number of phenols is 1. The molecule has 0 aliphatic heterocycles. The van der Waals surface area contributed by atoms with Crippen LogP contribution in [0.1, 0.15) is 36.5 Å². The Morgan fingerprint density at radius 2 is 2.24 bits per heavy atom. The lowest BCUT2D eigenvalue weighted by atomic mass is 10.1. The van der Waals surface area contributed by atoms with E-state index in [0.717, 1.165) is 19.3 Å². The van der Waals surface area contributed by atoms with Gasteiger partial charge in [-0.2, -0.15) is 0 Å². The maximum absolute atomic E-state index is 12.0. The van der Waals surface area contributed by atoms with E-state index >= 15 is 0 Å². The predicted octanol–water partition coefficient (Wildman–Crippen LogP) is 2.96. The normalized spacial score (nSPS) is 23.6. The maximum atomic E-state index is 12.0. The highest BCUT2D eigenvalue weighted by atomic mass is 35.5. The lowest BCUT2D eigenvalue weighted by Gasteiger charge is -2.13. The van der Waals surface area contributed by atoms with Crippen molar-refractivity contribution in [1.82, 2.24) is 5.32 Å². The molecule has 3 nitrogen and oxygen atoms in total. The van der Waals surface area contributed by atoms with Gasteiger partial charge in [-0.25, -0.2) is 0 Å². The fourth-order valence-electron chi connectivity index (χ4n) is 2.29. The average molecular weight is 254 g/mol. The Bertz CT molecular complexity index is 433. The SMILES string of the molecule is CC1CCC(NC(=O)c2cc(Cl)ccc2O)C1. The van der Waals surface area contributed by atoms with Crippen molar-refractivity contribution in [3.05, 3.63) is 28.8 Å². The molecule has 1 aromatic rings. The van der Waals surface area contributed by atoms with Gasteiger partial charge in [0, 0.05) is 11.1 Å². The minimum Gasteiger partial charge on any atom is -0.507 e. The highest BCUT2D eigenvalue weighted by Crippen LogP contribution is 2.26. The van der Waals surface area contributed by atoms with Gasteiger partial charge in [-0.05, 0) is 43.4 Å². The molecule has 2 atom stereocenters. The molecule has 1 saturated carbocycles. The van der Waals surface area contributed by atoms with Crippen molar-refractivity contribution in [3.8, 4) is 5.75 Å². The largest absolute Gasteiger partial charge is 0.507 e. The van der Waals surface area contributed by atoms with E-state index in [4.69, 9.17) is 11.6 Å². The molecule has 0 aromatic heterocycles. The number of hydrogen-bond donors (Lipinski definition) is 2. The third-order valence-corrected chi connectivity index (χ3v) is 3.47. The number of carbonyl (C=O) groups is 1. The van der Waals surface area contributed by atoms with Gasteiger partial charge in [0.05, 0.1) is 5.56 Å². The number of benzene rings is 1. The molecule has 1 aliphatic rings. The van der Waals surface area contributed by atoms with E-state index in [1.165, 1.54) is 12.1 Å². The molecular weight excluding hydrogens is 238 g/mol. The monoisotopic (exact) mass is 253 g/mol. The summed E-state index contributed by atoms with van der Waals surface area (Å²) in [4.78, 5) is 12.0. The van der Waals surface area contributed by atoms with Crippen molar-refractivity contribution < 1.29 is 9.90 Å². The molecule has 0 heterocycles. The van der Waals surface area contributed by atoms with Gasteiger partial charge in [-0.3, -0.25) is 4.79 Å². The minimum absolute atomic E-state index is 0.0297. The molecule has 17 heavy (non-hydrogen) atoms. The zero-order chi connectivity index (χ0) is 12.4. The van der Waals surface area contributed by atoms with Crippen LogP contribution in [0.15, 0.2) is 18.2 Å². The summed E-state index contributed by atoms with van der Waals surface area (Å²) >= 11 is 5.81. The summed E-state index contributed by atoms with van der Waals surface area (Å²) < 4.78 is 0. The summed E-state index contributed by atoms with van der Waals surface area (Å²) in [7, 11) is 0. The van der Waals surface area contributed by atoms with Crippen LogP contribution < -0.4 is 5.32 Å². The second-order valence-corrected chi connectivity index (χ2v) is 5.19. The van der Waals surface area contributed by atoms with Gasteiger partial charge in [0.15, 0.2) is 0 Å². The van der Waals surface area contributed by atoms with Crippen LogP contribution in [0.4, 0.5) is 0 Å². The zero-order valence-electron chi connectivity index (χ0n) is 9.74. The van der Waals surface area contributed by atoms with Crippen molar-refractivity contribution in [2.24, 2.45) is 5.92 Å². The molecule has 2 unspecified atom stereocenters. The number of aromatic hydroxyl groups is 1. The number of nitrogens with one attached hydrogen (secondary N) is 1. The number of rotatable bonds is 2. The third kappa shape index (κ3) is 2.91. The third-order valence-electron chi connectivity index (χ3n) is 3.23. The highest BCUT2D eigenvalue weighted by molar-refractivity contribution is 6.31. The van der Waals surface area contributed by atoms with Crippen molar-refractivity contribution in [2.45, 2.75) is 32.2 Å². The first-order chi connectivity index (χ1) is 8.06. The maximum Gasteiger partial charge on any atom is 0.255 e. The van der Waals surface area contributed by atoms with Crippen LogP contribution >= 0.6 is 11.6 Å². The van der Waals surface area contributed by atoms with Crippen molar-refractivity contribution in [2.75, 3.05) is 0 Å². The standard InChI is InChI=1S/C13H16ClNO2/c1-8-2-4-10(6-8)15-13(17)11-7-9(14)3-5-12(11)16/h3,5,7-8,10,16H,2,4,6H2,1H3,(H,15,17). The van der Waals surface area contributed by atoms with Crippen molar-refractivity contribution >= 4 is 17.5 Å². The number of phenolic OH excluding ortho intramolecular Hbond substituents is 1. The smallest absolute Gasteiger partial charge is 0.255 e. The predicted molar refractivity (Wildman–Crippen MR) is 67.4 cm³/mol. The average Bonchev–Trinajstić information content (AvgIpc) is 2.67. The lowest BCUT2D eigenvalue weighted by molar-refractivity contribution is 0.0934. The first kappa shape index (κ1) is 12.2. The number of hydrogen-bond acceptors (Lipinski definition) is 2. The molecule has 1 fully saturated rings. The quantitative estimate of drug-likeness (QED) is 0.851. The van der Waals surface area contributed by atoms with Crippen LogP contribution in [0.2, 0.25) is 5.02 Å². The molecule has 0 saturated heterocycles. The summed E-state index contributed by atoms with van der Waals surface area (Å²) in [5.41, 5.74) is 0.247. The topological polar surface area (TPSA) is 49.3 Å². The Labute approximate surface area is 106 Å². The molecule has 1 aliphatic carbocycles. The van der Waals surface area contributed by atoms with Crippen molar-refractivity contribution in [3.63, 3.8) is 0 Å². The van der Waals surface area contributed by atoms with E-state index in [1.807, 2.05) is 0 Å². The molecule has 0 radical (unpaired) electrons. The van der Waals surface area contributed by atoms with Gasteiger partial charge >= 0.3 is 0 Å². The Morgan fingerprint density at radius 1 is 1.47 bits per heavy atom. The molecule has 92 valence electrons. The van der Waals surface area contributed by atoms with Gasteiger partial charge in [0.2, 0.25) is 0 Å². The van der Waals surface area contributed by atoms with E-state index in [1.54, 1.807) is 6.07 Å². The molecule has 2 N–H and O–H groups in total. The summed E-state index contributed by atoms with van der Waals surface area (Å²) in [6.45, 7) is 2.18. The van der Waals surface area contributed by atoms with E-state index in [9.17, 15) is 9.90 Å². The van der Waals surface area contributed by atoms with Gasteiger partial charge in [-0.15, -0.1) is 0 Å². The van der Waals surface area contributed by atoms with Gasteiger partial charge in [0.1, 0.15) is 5.75 Å². The fourth-order valence-corrected chi connectivity index (χ4v) is 2.46. The number of halogens is 1. The summed E-state index contributed by atoms with van der Waals surface area (Å²) in [6, 6.07) is 4.71. The molecule has 1 amide bonds. The second kappa shape index (κ2) is 4.96. The first-order valence-corrected chi connectivity index (χ1v) is 6.23. The van der Waals surface area contributed by atoms with Gasteiger partial charge in [-0.1, -0.05) is 18.5 Å². The lowest BCUT2D eigenvalue weighted by Crippen LogP contribution is -2.32. The van der Waals surface area contributed by atoms with Crippen LogP contribution in [0.5, 0.6) is 5.75 Å². The minimum atomic E-state index is -0.246. The highest BCUT2D eigenvalue weighted by Gasteiger charge is 2.24. The Kier molecular flexibility index (Phi) is 3.57. The number of carbonyl (C=O) groups excluding carboxylic acids is 1. The van der Waals surface area contributed by atoms with Crippen LogP contribution in [0.25, 0.3) is 0 Å². The van der Waals surface area contributed by atoms with Gasteiger partial charge < -0.3 is 10.4 Å². The van der Waals surface area contributed by atoms with E-state index in [0.29, 0.717) is 10.9 Å². The van der Waals surface area contributed by atoms with E-state index in [-0.39, 0.29) is 23.3 Å². The van der Waals surface area contributed by atoms with Crippen LogP contribution in [-0.4, -0.2) is 17.1 Å². The van der Waals surface area contributed by atoms with E-state index in [2.05, 4.69) is 12.2 Å². The molecular formula is C13H16ClNO2. The van der Waals surface area contributed by atoms with E-state index < -0.39 is 0 Å². The molecule has 1 aromatic carbocycles. The fraction of sp³-hybridized carbons (Fsp3) is 0.462. The molecule has 0 spiro atoms. The summed E-state index contributed by atoms with van der Waals surface area (Å²) in [5, 5.41) is 13.0. The second-order valence-electron chi connectivity index (χ2n) is 4.75.